The highest BCUT2D eigenvalue weighted by molar-refractivity contribution is 9.10. The van der Waals surface area contributed by atoms with Crippen molar-refractivity contribution in [1.29, 1.82) is 0 Å². The van der Waals surface area contributed by atoms with Gasteiger partial charge >= 0.3 is 0 Å². The van der Waals surface area contributed by atoms with Crippen LogP contribution in [-0.4, -0.2) is 55.0 Å². The van der Waals surface area contributed by atoms with E-state index in [1.165, 1.54) is 4.90 Å². The van der Waals surface area contributed by atoms with E-state index >= 15 is 0 Å². The highest BCUT2D eigenvalue weighted by atomic mass is 79.9. The van der Waals surface area contributed by atoms with Crippen molar-refractivity contribution >= 4 is 44.3 Å². The number of carbonyl (C=O) groups excluding carboxylic acids is 2. The number of ether oxygens (including phenoxy) is 1. The van der Waals surface area contributed by atoms with Crippen molar-refractivity contribution in [3.63, 3.8) is 0 Å². The number of halogens is 1. The molecule has 0 aliphatic carbocycles. The van der Waals surface area contributed by atoms with Crippen LogP contribution in [0.4, 0.5) is 5.69 Å². The number of nitrogens with zero attached hydrogens (tertiary/aromatic N) is 2. The number of fused-ring (bicyclic) bond motifs is 1. The van der Waals surface area contributed by atoms with Crippen molar-refractivity contribution in [3.05, 3.63) is 75.7 Å². The number of Topliss-reactive ketones (excluding diaryl/α,β-unsaturated/α-hetero) is 1. The smallest absolute Gasteiger partial charge is 0.290 e. The van der Waals surface area contributed by atoms with Gasteiger partial charge in [-0.15, -0.1) is 0 Å². The van der Waals surface area contributed by atoms with E-state index in [4.69, 9.17) is 9.15 Å². The highest BCUT2D eigenvalue weighted by Crippen LogP contribution is 2.40. The maximum atomic E-state index is 13.6. The molecule has 7 nitrogen and oxygen atoms in total. The van der Waals surface area contributed by atoms with Crippen LogP contribution in [0.15, 0.2) is 68.8 Å². The number of amides is 1. The number of hydrogen-bond donors (Lipinski definition) is 1. The lowest BCUT2D eigenvalue weighted by atomic mass is 9.94. The van der Waals surface area contributed by atoms with Crippen LogP contribution in [0, 0.1) is 0 Å². The molecule has 0 spiro atoms. The fourth-order valence-electron chi connectivity index (χ4n) is 4.06. The minimum Gasteiger partial charge on any atom is -0.503 e. The van der Waals surface area contributed by atoms with Gasteiger partial charge in [0.2, 0.25) is 5.78 Å². The number of carbonyl (C=O) groups is 2. The Morgan fingerprint density at radius 3 is 2.53 bits per heavy atom. The van der Waals surface area contributed by atoms with Crippen molar-refractivity contribution in [2.75, 3.05) is 32.1 Å². The number of anilines is 1. The average Bonchev–Trinajstić information content (AvgIpc) is 3.32. The van der Waals surface area contributed by atoms with Crippen LogP contribution >= 0.6 is 15.9 Å². The van der Waals surface area contributed by atoms with E-state index in [0.29, 0.717) is 5.58 Å². The van der Waals surface area contributed by atoms with Crippen molar-refractivity contribution in [1.82, 2.24) is 4.90 Å². The van der Waals surface area contributed by atoms with Gasteiger partial charge in [-0.3, -0.25) is 9.59 Å². The molecular formula is C26H27BrN2O5. The van der Waals surface area contributed by atoms with Crippen LogP contribution in [0.3, 0.4) is 0 Å². The Labute approximate surface area is 206 Å². The summed E-state index contributed by atoms with van der Waals surface area (Å²) in [7, 11) is 3.87. The van der Waals surface area contributed by atoms with Crippen LogP contribution in [-0.2, 0) is 9.53 Å². The monoisotopic (exact) mass is 526 g/mol. The molecule has 2 heterocycles. The molecule has 8 heteroatoms. The van der Waals surface area contributed by atoms with Crippen molar-refractivity contribution in [2.45, 2.75) is 26.0 Å². The van der Waals surface area contributed by atoms with E-state index in [1.807, 2.05) is 69.2 Å². The normalized spacial score (nSPS) is 16.2. The highest BCUT2D eigenvalue weighted by Gasteiger charge is 2.44. The molecule has 0 saturated heterocycles. The first kappa shape index (κ1) is 24.0. The summed E-state index contributed by atoms with van der Waals surface area (Å²) in [5.41, 5.74) is 2.25. The summed E-state index contributed by atoms with van der Waals surface area (Å²) in [5.74, 6) is -1.61. The van der Waals surface area contributed by atoms with Gasteiger partial charge in [0.25, 0.3) is 5.91 Å². The first-order chi connectivity index (χ1) is 16.2. The molecule has 34 heavy (non-hydrogen) atoms. The summed E-state index contributed by atoms with van der Waals surface area (Å²) < 4.78 is 12.3. The number of aliphatic hydroxyl groups excluding tert-OH is 1. The molecule has 1 atom stereocenters. The largest absolute Gasteiger partial charge is 0.503 e. The number of aliphatic hydroxyl groups is 1. The van der Waals surface area contributed by atoms with Crippen molar-refractivity contribution in [3.8, 4) is 0 Å². The number of furan rings is 1. The molecule has 0 saturated carbocycles. The molecule has 1 aromatic heterocycles. The summed E-state index contributed by atoms with van der Waals surface area (Å²) in [4.78, 5) is 30.1. The molecule has 178 valence electrons. The first-order valence-corrected chi connectivity index (χ1v) is 11.8. The van der Waals surface area contributed by atoms with Crippen LogP contribution in [0.1, 0.15) is 36.0 Å². The van der Waals surface area contributed by atoms with Gasteiger partial charge in [-0.05, 0) is 55.8 Å². The maximum absolute atomic E-state index is 13.6. The van der Waals surface area contributed by atoms with E-state index in [0.717, 1.165) is 21.1 Å². The van der Waals surface area contributed by atoms with Gasteiger partial charge in [-0.25, -0.2) is 0 Å². The molecule has 0 fully saturated rings. The zero-order chi connectivity index (χ0) is 24.6. The Hall–Kier alpha value is -3.10. The van der Waals surface area contributed by atoms with Gasteiger partial charge in [0.15, 0.2) is 11.5 Å². The van der Waals surface area contributed by atoms with E-state index in [-0.39, 0.29) is 30.6 Å². The van der Waals surface area contributed by atoms with Gasteiger partial charge in [0.05, 0.1) is 24.3 Å². The predicted octanol–water partition coefficient (Wildman–Crippen LogP) is 5.26. The van der Waals surface area contributed by atoms with Crippen LogP contribution < -0.4 is 4.90 Å². The van der Waals surface area contributed by atoms with Crippen molar-refractivity contribution < 1.29 is 23.8 Å². The lowest BCUT2D eigenvalue weighted by Crippen LogP contribution is -2.34. The standard InChI is InChI=1S/C26H27BrN2O5/c1-15(2)33-12-11-29-23(16-5-8-19(9-6-16)28(3)4)22(25(31)26(29)32)24(30)21-14-17-13-18(27)7-10-20(17)34-21/h5-10,13-15,23,31H,11-12H2,1-4H3. The van der Waals surface area contributed by atoms with Gasteiger partial charge in [-0.1, -0.05) is 28.1 Å². The van der Waals surface area contributed by atoms with Gasteiger partial charge < -0.3 is 24.1 Å². The third kappa shape index (κ3) is 4.60. The lowest BCUT2D eigenvalue weighted by molar-refractivity contribution is -0.130. The molecule has 1 unspecified atom stereocenters. The summed E-state index contributed by atoms with van der Waals surface area (Å²) >= 11 is 3.42. The fraction of sp³-hybridized carbons (Fsp3) is 0.308. The summed E-state index contributed by atoms with van der Waals surface area (Å²) in [5, 5.41) is 11.6. The Morgan fingerprint density at radius 2 is 1.88 bits per heavy atom. The van der Waals surface area contributed by atoms with Crippen LogP contribution in [0.2, 0.25) is 0 Å². The number of hydrogen-bond acceptors (Lipinski definition) is 6. The van der Waals surface area contributed by atoms with Gasteiger partial charge in [-0.2, -0.15) is 0 Å². The molecule has 1 aliphatic heterocycles. The topological polar surface area (TPSA) is 83.2 Å². The molecule has 1 amide bonds. The molecule has 1 N–H and O–H groups in total. The zero-order valence-electron chi connectivity index (χ0n) is 19.5. The zero-order valence-corrected chi connectivity index (χ0v) is 21.1. The predicted molar refractivity (Wildman–Crippen MR) is 134 cm³/mol. The number of benzene rings is 2. The van der Waals surface area contributed by atoms with Gasteiger partial charge in [0, 0.05) is 36.2 Å². The number of rotatable bonds is 8. The molecular weight excluding hydrogens is 500 g/mol. The molecule has 1 aliphatic rings. The molecule has 4 rings (SSSR count). The molecule has 0 radical (unpaired) electrons. The molecule has 2 aromatic carbocycles. The minimum absolute atomic E-state index is 0.00488. The fourth-order valence-corrected chi connectivity index (χ4v) is 4.44. The van der Waals surface area contributed by atoms with E-state index in [1.54, 1.807) is 12.1 Å². The average molecular weight is 527 g/mol. The first-order valence-electron chi connectivity index (χ1n) is 11.0. The third-order valence-electron chi connectivity index (χ3n) is 5.76. The van der Waals surface area contributed by atoms with E-state index < -0.39 is 23.5 Å². The summed E-state index contributed by atoms with van der Waals surface area (Å²) in [6, 6.07) is 13.9. The quantitative estimate of drug-likeness (QED) is 0.403. The summed E-state index contributed by atoms with van der Waals surface area (Å²) in [6.45, 7) is 4.33. The third-order valence-corrected chi connectivity index (χ3v) is 6.25. The second-order valence-electron chi connectivity index (χ2n) is 8.69. The van der Waals surface area contributed by atoms with Crippen molar-refractivity contribution in [2.24, 2.45) is 0 Å². The number of ketones is 1. The second kappa shape index (κ2) is 9.64. The van der Waals surface area contributed by atoms with Crippen LogP contribution in [0.5, 0.6) is 0 Å². The van der Waals surface area contributed by atoms with Gasteiger partial charge in [0.1, 0.15) is 5.58 Å². The SMILES string of the molecule is CC(C)OCCN1C(=O)C(O)=C(C(=O)c2cc3cc(Br)ccc3o2)C1c1ccc(N(C)C)cc1. The Morgan fingerprint density at radius 1 is 1.18 bits per heavy atom. The summed E-state index contributed by atoms with van der Waals surface area (Å²) in [6.07, 6.45) is -0.00643. The Balaban J connectivity index is 1.75. The van der Waals surface area contributed by atoms with E-state index in [9.17, 15) is 14.7 Å². The minimum atomic E-state index is -0.757. The molecule has 3 aromatic rings. The van der Waals surface area contributed by atoms with Crippen LogP contribution in [0.25, 0.3) is 11.0 Å². The second-order valence-corrected chi connectivity index (χ2v) is 9.61. The maximum Gasteiger partial charge on any atom is 0.290 e. The van der Waals surface area contributed by atoms with E-state index in [2.05, 4.69) is 15.9 Å². The Kier molecular flexibility index (Phi) is 6.81. The Bertz CT molecular complexity index is 1260. The molecule has 0 bridgehead atoms. The lowest BCUT2D eigenvalue weighted by Gasteiger charge is -2.27.